The lowest BCUT2D eigenvalue weighted by atomic mass is 10.3. The predicted molar refractivity (Wildman–Crippen MR) is 66.9 cm³/mol. The van der Waals surface area contributed by atoms with Crippen LogP contribution in [0, 0.1) is 3.57 Å². The zero-order chi connectivity index (χ0) is 11.0. The summed E-state index contributed by atoms with van der Waals surface area (Å²) in [4.78, 5) is 17.2. The van der Waals surface area contributed by atoms with E-state index in [1.807, 2.05) is 0 Å². The van der Waals surface area contributed by atoms with Gasteiger partial charge in [-0.3, -0.25) is 4.79 Å². The van der Waals surface area contributed by atoms with Crippen LogP contribution in [0.25, 0.3) is 0 Å². The van der Waals surface area contributed by atoms with Gasteiger partial charge in [0.25, 0.3) is 0 Å². The maximum Gasteiger partial charge on any atom is 0.228 e. The number of halogens is 2. The Balaban J connectivity index is 2.37. The van der Waals surface area contributed by atoms with E-state index in [0.717, 1.165) is 9.26 Å². The van der Waals surface area contributed by atoms with Crippen LogP contribution >= 0.6 is 34.2 Å². The molecule has 0 saturated carbocycles. The third kappa shape index (κ3) is 2.24. The molecule has 1 aromatic rings. The first-order chi connectivity index (χ1) is 7.08. The van der Waals surface area contributed by atoms with Crippen molar-refractivity contribution >= 4 is 45.8 Å². The van der Waals surface area contributed by atoms with E-state index in [4.69, 9.17) is 17.3 Å². The molecule has 0 aromatic carbocycles. The zero-order valence-corrected chi connectivity index (χ0v) is 10.7. The van der Waals surface area contributed by atoms with E-state index >= 15 is 0 Å². The number of pyridine rings is 1. The highest BCUT2D eigenvalue weighted by molar-refractivity contribution is 14.1. The van der Waals surface area contributed by atoms with Crippen molar-refractivity contribution in [2.24, 2.45) is 5.73 Å². The second-order valence-corrected chi connectivity index (χ2v) is 4.98. The van der Waals surface area contributed by atoms with Gasteiger partial charge in [0, 0.05) is 31.3 Å². The number of anilines is 1. The van der Waals surface area contributed by atoms with Crippen LogP contribution in [0.3, 0.4) is 0 Å². The van der Waals surface area contributed by atoms with Gasteiger partial charge in [-0.05, 0) is 22.6 Å². The third-order valence-electron chi connectivity index (χ3n) is 2.25. The van der Waals surface area contributed by atoms with Gasteiger partial charge in [-0.2, -0.15) is 0 Å². The van der Waals surface area contributed by atoms with E-state index in [2.05, 4.69) is 27.6 Å². The Morgan fingerprint density at radius 2 is 2.40 bits per heavy atom. The molecule has 0 bridgehead atoms. The van der Waals surface area contributed by atoms with Gasteiger partial charge in [-0.15, -0.1) is 0 Å². The summed E-state index contributed by atoms with van der Waals surface area (Å²) in [6, 6.07) is 1.61. The average molecular weight is 338 g/mol. The van der Waals surface area contributed by atoms with E-state index in [1.165, 1.54) is 0 Å². The van der Waals surface area contributed by atoms with Crippen LogP contribution in [0.4, 0.5) is 5.69 Å². The van der Waals surface area contributed by atoms with Crippen molar-refractivity contribution in [1.29, 1.82) is 0 Å². The lowest BCUT2D eigenvalue weighted by Crippen LogP contribution is -2.28. The minimum absolute atomic E-state index is 0.0442. The third-order valence-corrected chi connectivity index (χ3v) is 3.29. The van der Waals surface area contributed by atoms with Gasteiger partial charge < -0.3 is 10.6 Å². The molecule has 0 radical (unpaired) electrons. The van der Waals surface area contributed by atoms with Gasteiger partial charge in [-0.1, -0.05) is 11.6 Å². The van der Waals surface area contributed by atoms with Crippen molar-refractivity contribution in [3.63, 3.8) is 0 Å². The maximum absolute atomic E-state index is 11.6. The Kier molecular flexibility index (Phi) is 3.13. The molecule has 4 nitrogen and oxygen atoms in total. The molecule has 1 saturated heterocycles. The summed E-state index contributed by atoms with van der Waals surface area (Å²) in [5.74, 6) is 0.0442. The molecular weight excluding hydrogens is 328 g/mol. The van der Waals surface area contributed by atoms with E-state index < -0.39 is 0 Å². The minimum atomic E-state index is -0.0831. The van der Waals surface area contributed by atoms with Crippen molar-refractivity contribution in [3.05, 3.63) is 21.0 Å². The molecule has 0 spiro atoms. The Labute approximate surface area is 106 Å². The van der Waals surface area contributed by atoms with Gasteiger partial charge in [0.15, 0.2) is 0 Å². The molecule has 1 aliphatic heterocycles. The minimum Gasteiger partial charge on any atom is -0.326 e. The van der Waals surface area contributed by atoms with Crippen LogP contribution in [0.15, 0.2) is 12.3 Å². The Morgan fingerprint density at radius 1 is 1.67 bits per heavy atom. The van der Waals surface area contributed by atoms with Crippen LogP contribution in [0.5, 0.6) is 0 Å². The zero-order valence-electron chi connectivity index (χ0n) is 7.78. The molecule has 0 aliphatic carbocycles. The summed E-state index contributed by atoms with van der Waals surface area (Å²) in [7, 11) is 0. The molecule has 2 rings (SSSR count). The maximum atomic E-state index is 11.6. The summed E-state index contributed by atoms with van der Waals surface area (Å²) in [6.07, 6.45) is 2.05. The lowest BCUT2D eigenvalue weighted by molar-refractivity contribution is -0.117. The average Bonchev–Trinajstić information content (AvgIpc) is 2.50. The second-order valence-electron chi connectivity index (χ2n) is 3.43. The largest absolute Gasteiger partial charge is 0.326 e. The normalized spacial score (nSPS) is 21.1. The Hall–Kier alpha value is -0.400. The van der Waals surface area contributed by atoms with E-state index in [0.29, 0.717) is 18.1 Å². The van der Waals surface area contributed by atoms with E-state index in [9.17, 15) is 4.79 Å². The van der Waals surface area contributed by atoms with Crippen LogP contribution in [0.2, 0.25) is 5.15 Å². The SMILES string of the molecule is NC1CC(=O)N(c2cc(Cl)ncc2I)C1. The van der Waals surface area contributed by atoms with Crippen LogP contribution in [-0.2, 0) is 4.79 Å². The molecule has 1 fully saturated rings. The topological polar surface area (TPSA) is 59.2 Å². The molecule has 1 amide bonds. The number of carbonyl (C=O) groups excluding carboxylic acids is 1. The molecule has 15 heavy (non-hydrogen) atoms. The quantitative estimate of drug-likeness (QED) is 0.622. The number of amides is 1. The summed E-state index contributed by atoms with van der Waals surface area (Å²) in [5, 5.41) is 0.388. The number of rotatable bonds is 1. The smallest absolute Gasteiger partial charge is 0.228 e. The predicted octanol–water partition coefficient (Wildman–Crippen LogP) is 1.40. The van der Waals surface area contributed by atoms with Crippen molar-refractivity contribution in [2.45, 2.75) is 12.5 Å². The number of nitrogens with zero attached hydrogens (tertiary/aromatic N) is 2. The fraction of sp³-hybridized carbons (Fsp3) is 0.333. The number of nitrogens with two attached hydrogens (primary N) is 1. The molecule has 1 atom stereocenters. The fourth-order valence-corrected chi connectivity index (χ4v) is 2.32. The van der Waals surface area contributed by atoms with Crippen molar-refractivity contribution < 1.29 is 4.79 Å². The Bertz CT molecular complexity index is 412. The van der Waals surface area contributed by atoms with Crippen molar-refractivity contribution in [3.8, 4) is 0 Å². The molecule has 2 N–H and O–H groups in total. The fourth-order valence-electron chi connectivity index (χ4n) is 1.58. The highest BCUT2D eigenvalue weighted by Gasteiger charge is 2.29. The molecule has 1 unspecified atom stereocenters. The van der Waals surface area contributed by atoms with Gasteiger partial charge in [0.2, 0.25) is 5.91 Å². The number of hydrogen-bond acceptors (Lipinski definition) is 3. The summed E-state index contributed by atoms with van der Waals surface area (Å²) in [5.41, 5.74) is 6.53. The van der Waals surface area contributed by atoms with Crippen LogP contribution < -0.4 is 10.6 Å². The van der Waals surface area contributed by atoms with Gasteiger partial charge >= 0.3 is 0 Å². The van der Waals surface area contributed by atoms with Gasteiger partial charge in [0.05, 0.1) is 9.26 Å². The lowest BCUT2D eigenvalue weighted by Gasteiger charge is -2.17. The van der Waals surface area contributed by atoms with Gasteiger partial charge in [-0.25, -0.2) is 4.98 Å². The first-order valence-corrected chi connectivity index (χ1v) is 5.90. The molecule has 1 aromatic heterocycles. The molecule has 6 heteroatoms. The summed E-state index contributed by atoms with van der Waals surface area (Å²) in [6.45, 7) is 0.551. The molecule has 80 valence electrons. The number of hydrogen-bond donors (Lipinski definition) is 1. The van der Waals surface area contributed by atoms with Gasteiger partial charge in [0.1, 0.15) is 5.15 Å². The van der Waals surface area contributed by atoms with E-state index in [-0.39, 0.29) is 11.9 Å². The molecular formula is C9H9ClIN3O. The summed E-state index contributed by atoms with van der Waals surface area (Å²) < 4.78 is 0.902. The Morgan fingerprint density at radius 3 is 3.00 bits per heavy atom. The van der Waals surface area contributed by atoms with Crippen LogP contribution in [-0.4, -0.2) is 23.5 Å². The van der Waals surface area contributed by atoms with Crippen molar-refractivity contribution in [1.82, 2.24) is 4.98 Å². The van der Waals surface area contributed by atoms with E-state index in [1.54, 1.807) is 17.2 Å². The van der Waals surface area contributed by atoms with Crippen LogP contribution in [0.1, 0.15) is 6.42 Å². The number of carbonyl (C=O) groups is 1. The molecule has 1 aliphatic rings. The highest BCUT2D eigenvalue weighted by Crippen LogP contribution is 2.27. The highest BCUT2D eigenvalue weighted by atomic mass is 127. The summed E-state index contributed by atoms with van der Waals surface area (Å²) >= 11 is 7.92. The first-order valence-electron chi connectivity index (χ1n) is 4.45. The van der Waals surface area contributed by atoms with Crippen molar-refractivity contribution in [2.75, 3.05) is 11.4 Å². The second kappa shape index (κ2) is 4.23. The first kappa shape index (κ1) is 11.1. The standard InChI is InChI=1S/C9H9ClIN3O/c10-8-2-7(6(11)3-13-8)14-4-5(12)1-9(14)15/h2-3,5H,1,4,12H2. The number of aromatic nitrogens is 1. The molecule has 2 heterocycles. The monoisotopic (exact) mass is 337 g/mol.